The van der Waals surface area contributed by atoms with Crippen LogP contribution in [0.5, 0.6) is 0 Å². The maximum Gasteiger partial charge on any atom is 0.261 e. The monoisotopic (exact) mass is 471 g/mol. The van der Waals surface area contributed by atoms with Crippen LogP contribution in [0.15, 0.2) is 96.2 Å². The number of anilines is 2. The van der Waals surface area contributed by atoms with Crippen molar-refractivity contribution in [1.82, 2.24) is 4.98 Å². The predicted octanol–water partition coefficient (Wildman–Crippen LogP) is 5.34. The molecule has 2 N–H and O–H groups in total. The van der Waals surface area contributed by atoms with Crippen molar-refractivity contribution in [2.45, 2.75) is 25.2 Å². The van der Waals surface area contributed by atoms with E-state index in [9.17, 15) is 13.2 Å². The Morgan fingerprint density at radius 3 is 2.15 bits per heavy atom. The van der Waals surface area contributed by atoms with Crippen LogP contribution in [-0.2, 0) is 16.4 Å². The molecule has 1 aromatic heterocycles. The molecule has 0 bridgehead atoms. The van der Waals surface area contributed by atoms with Crippen LogP contribution >= 0.6 is 0 Å². The van der Waals surface area contributed by atoms with Gasteiger partial charge >= 0.3 is 0 Å². The highest BCUT2D eigenvalue weighted by atomic mass is 32.2. The number of rotatable bonds is 7. The zero-order valence-electron chi connectivity index (χ0n) is 18.9. The normalized spacial score (nSPS) is 11.1. The van der Waals surface area contributed by atoms with E-state index in [1.807, 2.05) is 43.3 Å². The van der Waals surface area contributed by atoms with E-state index in [1.165, 1.54) is 0 Å². The lowest BCUT2D eigenvalue weighted by Crippen LogP contribution is -2.17. The van der Waals surface area contributed by atoms with Gasteiger partial charge in [0.05, 0.1) is 10.6 Å². The number of amides is 1. The van der Waals surface area contributed by atoms with Gasteiger partial charge in [-0.25, -0.2) is 8.42 Å². The highest BCUT2D eigenvalue weighted by molar-refractivity contribution is 7.92. The lowest BCUT2D eigenvalue weighted by molar-refractivity contribution is 0.102. The number of aromatic nitrogens is 1. The standard InChI is InChI=1S/C27H25N3O3S/c1-19-6-12-24(13-7-19)34(32,33)30-26-5-3-4-25(20(26)2)27(31)29-23-10-8-21(9-11-23)18-22-14-16-28-17-15-22/h3-17,30H,18H2,1-2H3,(H,29,31). The molecule has 7 heteroatoms. The van der Waals surface area contributed by atoms with E-state index in [2.05, 4.69) is 15.0 Å². The number of nitrogens with one attached hydrogen (secondary N) is 2. The first-order valence-corrected chi connectivity index (χ1v) is 12.3. The fourth-order valence-electron chi connectivity index (χ4n) is 3.55. The molecule has 1 heterocycles. The maximum atomic E-state index is 12.9. The van der Waals surface area contributed by atoms with Gasteiger partial charge < -0.3 is 5.32 Å². The maximum absolute atomic E-state index is 12.9. The van der Waals surface area contributed by atoms with E-state index in [1.54, 1.807) is 61.8 Å². The minimum Gasteiger partial charge on any atom is -0.322 e. The van der Waals surface area contributed by atoms with Gasteiger partial charge in [0, 0.05) is 23.6 Å². The van der Waals surface area contributed by atoms with E-state index >= 15 is 0 Å². The lowest BCUT2D eigenvalue weighted by atomic mass is 10.0. The number of aryl methyl sites for hydroxylation is 1. The van der Waals surface area contributed by atoms with Crippen molar-refractivity contribution in [2.75, 3.05) is 10.0 Å². The third kappa shape index (κ3) is 5.50. The van der Waals surface area contributed by atoms with Crippen molar-refractivity contribution in [3.8, 4) is 0 Å². The molecule has 0 aliphatic carbocycles. The van der Waals surface area contributed by atoms with Crippen LogP contribution in [0.4, 0.5) is 11.4 Å². The fourth-order valence-corrected chi connectivity index (χ4v) is 4.68. The summed E-state index contributed by atoms with van der Waals surface area (Å²) in [6.07, 6.45) is 4.31. The van der Waals surface area contributed by atoms with E-state index in [0.29, 0.717) is 22.5 Å². The smallest absolute Gasteiger partial charge is 0.261 e. The van der Waals surface area contributed by atoms with Crippen molar-refractivity contribution in [1.29, 1.82) is 0 Å². The average Bonchev–Trinajstić information content (AvgIpc) is 2.82. The Balaban J connectivity index is 1.47. The molecule has 3 aromatic carbocycles. The molecule has 1 amide bonds. The molecular weight excluding hydrogens is 446 g/mol. The minimum atomic E-state index is -3.77. The Kier molecular flexibility index (Phi) is 6.75. The molecule has 172 valence electrons. The number of nitrogens with zero attached hydrogens (tertiary/aromatic N) is 1. The van der Waals surface area contributed by atoms with Crippen molar-refractivity contribution in [3.05, 3.63) is 119 Å². The molecule has 0 radical (unpaired) electrons. The first kappa shape index (κ1) is 23.2. The van der Waals surface area contributed by atoms with Crippen molar-refractivity contribution < 1.29 is 13.2 Å². The van der Waals surface area contributed by atoms with Gasteiger partial charge in [0.15, 0.2) is 0 Å². The number of pyridine rings is 1. The summed E-state index contributed by atoms with van der Waals surface area (Å²) in [5, 5.41) is 2.89. The molecule has 4 aromatic rings. The van der Waals surface area contributed by atoms with Gasteiger partial charge in [0.25, 0.3) is 15.9 Å². The van der Waals surface area contributed by atoms with Crippen LogP contribution in [0.1, 0.15) is 32.6 Å². The molecule has 0 unspecified atom stereocenters. The second-order valence-corrected chi connectivity index (χ2v) is 9.76. The van der Waals surface area contributed by atoms with Gasteiger partial charge in [0.2, 0.25) is 0 Å². The van der Waals surface area contributed by atoms with Crippen LogP contribution in [0, 0.1) is 13.8 Å². The molecule has 6 nitrogen and oxygen atoms in total. The van der Waals surface area contributed by atoms with Crippen molar-refractivity contribution in [2.24, 2.45) is 0 Å². The Morgan fingerprint density at radius 2 is 1.47 bits per heavy atom. The molecule has 0 fully saturated rings. The quantitative estimate of drug-likeness (QED) is 0.381. The summed E-state index contributed by atoms with van der Waals surface area (Å²) in [6.45, 7) is 3.62. The molecule has 0 aliphatic heterocycles. The van der Waals surface area contributed by atoms with E-state index in [4.69, 9.17) is 0 Å². The number of carbonyl (C=O) groups is 1. The van der Waals surface area contributed by atoms with E-state index in [0.717, 1.165) is 23.1 Å². The van der Waals surface area contributed by atoms with Crippen LogP contribution < -0.4 is 10.0 Å². The number of benzene rings is 3. The zero-order chi connectivity index (χ0) is 24.1. The topological polar surface area (TPSA) is 88.2 Å². The van der Waals surface area contributed by atoms with Gasteiger partial charge in [-0.15, -0.1) is 0 Å². The van der Waals surface area contributed by atoms with Gasteiger partial charge in [-0.2, -0.15) is 0 Å². The fraction of sp³-hybridized carbons (Fsp3) is 0.111. The summed E-state index contributed by atoms with van der Waals surface area (Å²) in [7, 11) is -3.77. The third-order valence-corrected chi connectivity index (χ3v) is 6.90. The van der Waals surface area contributed by atoms with Gasteiger partial charge in [0.1, 0.15) is 0 Å². The molecule has 0 saturated heterocycles. The summed E-state index contributed by atoms with van der Waals surface area (Å²) < 4.78 is 28.2. The van der Waals surface area contributed by atoms with Crippen LogP contribution in [0.25, 0.3) is 0 Å². The van der Waals surface area contributed by atoms with Crippen molar-refractivity contribution in [3.63, 3.8) is 0 Å². The van der Waals surface area contributed by atoms with Gasteiger partial charge in [-0.1, -0.05) is 35.9 Å². The van der Waals surface area contributed by atoms with Crippen molar-refractivity contribution >= 4 is 27.3 Å². The second kappa shape index (κ2) is 9.89. The summed E-state index contributed by atoms with van der Waals surface area (Å²) in [6, 6.07) is 23.2. The van der Waals surface area contributed by atoms with E-state index < -0.39 is 10.0 Å². The molecule has 0 atom stereocenters. The first-order valence-electron chi connectivity index (χ1n) is 10.8. The Bertz CT molecular complexity index is 1400. The highest BCUT2D eigenvalue weighted by Gasteiger charge is 2.18. The molecular formula is C27H25N3O3S. The predicted molar refractivity (Wildman–Crippen MR) is 135 cm³/mol. The van der Waals surface area contributed by atoms with Gasteiger partial charge in [-0.05, 0) is 85.5 Å². The SMILES string of the molecule is Cc1ccc(S(=O)(=O)Nc2cccc(C(=O)Nc3ccc(Cc4ccncc4)cc3)c2C)cc1. The summed E-state index contributed by atoms with van der Waals surface area (Å²) >= 11 is 0. The summed E-state index contributed by atoms with van der Waals surface area (Å²) in [4.78, 5) is 17.1. The van der Waals surface area contributed by atoms with Crippen LogP contribution in [-0.4, -0.2) is 19.3 Å². The molecule has 0 saturated carbocycles. The molecule has 4 rings (SSSR count). The summed E-state index contributed by atoms with van der Waals surface area (Å²) in [5.74, 6) is -0.309. The minimum absolute atomic E-state index is 0.166. The first-order chi connectivity index (χ1) is 16.3. The number of hydrogen-bond donors (Lipinski definition) is 2. The second-order valence-electron chi connectivity index (χ2n) is 8.08. The van der Waals surface area contributed by atoms with Crippen LogP contribution in [0.3, 0.4) is 0 Å². The van der Waals surface area contributed by atoms with Crippen LogP contribution in [0.2, 0.25) is 0 Å². The lowest BCUT2D eigenvalue weighted by Gasteiger charge is -2.14. The Labute approximate surface area is 199 Å². The van der Waals surface area contributed by atoms with E-state index in [-0.39, 0.29) is 10.8 Å². The Hall–Kier alpha value is -3.97. The number of sulfonamides is 1. The van der Waals surface area contributed by atoms with Gasteiger partial charge in [-0.3, -0.25) is 14.5 Å². The average molecular weight is 472 g/mol. The summed E-state index contributed by atoms with van der Waals surface area (Å²) in [5.41, 5.74) is 5.21. The molecule has 0 aliphatic rings. The molecule has 34 heavy (non-hydrogen) atoms. The zero-order valence-corrected chi connectivity index (χ0v) is 19.8. The third-order valence-electron chi connectivity index (χ3n) is 5.52. The number of carbonyl (C=O) groups excluding carboxylic acids is 1. The number of hydrogen-bond acceptors (Lipinski definition) is 4. The molecule has 0 spiro atoms. The highest BCUT2D eigenvalue weighted by Crippen LogP contribution is 2.24. The largest absolute Gasteiger partial charge is 0.322 e. The Morgan fingerprint density at radius 1 is 0.824 bits per heavy atom.